The van der Waals surface area contributed by atoms with E-state index in [1.54, 1.807) is 4.90 Å². The average Bonchev–Trinajstić information content (AvgIpc) is 2.97. The van der Waals surface area contributed by atoms with E-state index < -0.39 is 5.97 Å². The van der Waals surface area contributed by atoms with Gasteiger partial charge in [-0.1, -0.05) is 13.8 Å². The molecule has 2 heterocycles. The first-order valence-electron chi connectivity index (χ1n) is 7.30. The van der Waals surface area contributed by atoms with Gasteiger partial charge in [-0.3, -0.25) is 14.7 Å². The van der Waals surface area contributed by atoms with Gasteiger partial charge < -0.3 is 10.0 Å². The number of carbonyl (C=O) groups excluding carboxylic acids is 1. The molecule has 2 rings (SSSR count). The summed E-state index contributed by atoms with van der Waals surface area (Å²) < 4.78 is 0. The molecule has 6 heteroatoms. The van der Waals surface area contributed by atoms with Crippen molar-refractivity contribution >= 4 is 11.9 Å². The van der Waals surface area contributed by atoms with Crippen LogP contribution in [0.1, 0.15) is 41.1 Å². The zero-order chi connectivity index (χ0) is 15.4. The summed E-state index contributed by atoms with van der Waals surface area (Å²) in [5.74, 6) is -1.41. The van der Waals surface area contributed by atoms with Gasteiger partial charge in [-0.2, -0.15) is 0 Å². The van der Waals surface area contributed by atoms with Crippen LogP contribution in [0.5, 0.6) is 0 Å². The Labute approximate surface area is 124 Å². The highest BCUT2D eigenvalue weighted by atomic mass is 16.4. The molecule has 114 valence electrons. The number of nitrogens with zero attached hydrogens (tertiary/aromatic N) is 3. The van der Waals surface area contributed by atoms with Gasteiger partial charge in [0.15, 0.2) is 0 Å². The number of hydrogen-bond donors (Lipinski definition) is 1. The third kappa shape index (κ3) is 3.21. The van der Waals surface area contributed by atoms with Crippen LogP contribution in [0.4, 0.5) is 0 Å². The highest BCUT2D eigenvalue weighted by molar-refractivity contribution is 6.03. The van der Waals surface area contributed by atoms with E-state index in [0.717, 1.165) is 19.5 Å². The molecule has 21 heavy (non-hydrogen) atoms. The number of carboxylic acid groups (broad SMARTS) is 1. The van der Waals surface area contributed by atoms with E-state index in [4.69, 9.17) is 5.11 Å². The van der Waals surface area contributed by atoms with Crippen LogP contribution in [0.3, 0.4) is 0 Å². The van der Waals surface area contributed by atoms with Gasteiger partial charge in [0, 0.05) is 25.3 Å². The van der Waals surface area contributed by atoms with E-state index in [1.165, 1.54) is 18.3 Å². The quantitative estimate of drug-likeness (QED) is 0.886. The van der Waals surface area contributed by atoms with Crippen molar-refractivity contribution < 1.29 is 14.7 Å². The van der Waals surface area contributed by atoms with Crippen LogP contribution in [0.15, 0.2) is 18.3 Å². The Kier molecular flexibility index (Phi) is 4.90. The van der Waals surface area contributed by atoms with E-state index in [9.17, 15) is 9.59 Å². The molecule has 1 fully saturated rings. The maximum Gasteiger partial charge on any atom is 0.338 e. The first-order chi connectivity index (χ1) is 10.1. The molecule has 0 aromatic carbocycles. The predicted molar refractivity (Wildman–Crippen MR) is 78.4 cm³/mol. The number of aromatic carboxylic acids is 1. The lowest BCUT2D eigenvalue weighted by Gasteiger charge is -2.26. The Morgan fingerprint density at radius 2 is 2.14 bits per heavy atom. The molecular formula is C15H21N3O3. The van der Waals surface area contributed by atoms with Crippen molar-refractivity contribution in [1.82, 2.24) is 14.8 Å². The second-order valence-corrected chi connectivity index (χ2v) is 5.12. The van der Waals surface area contributed by atoms with Crippen LogP contribution in [-0.2, 0) is 0 Å². The molecule has 1 aromatic heterocycles. The molecule has 1 aromatic rings. The molecule has 0 bridgehead atoms. The zero-order valence-electron chi connectivity index (χ0n) is 12.5. The van der Waals surface area contributed by atoms with Crippen molar-refractivity contribution in [1.29, 1.82) is 0 Å². The third-order valence-corrected chi connectivity index (χ3v) is 4.02. The van der Waals surface area contributed by atoms with Gasteiger partial charge in [0.05, 0.1) is 5.56 Å². The van der Waals surface area contributed by atoms with Crippen molar-refractivity contribution in [2.24, 2.45) is 0 Å². The van der Waals surface area contributed by atoms with E-state index in [1.807, 2.05) is 0 Å². The minimum Gasteiger partial charge on any atom is -0.478 e. The van der Waals surface area contributed by atoms with Gasteiger partial charge >= 0.3 is 5.97 Å². The molecule has 1 atom stereocenters. The van der Waals surface area contributed by atoms with Crippen molar-refractivity contribution in [2.75, 3.05) is 26.2 Å². The summed E-state index contributed by atoms with van der Waals surface area (Å²) in [5.41, 5.74) is -0.000939. The first kappa shape index (κ1) is 15.4. The first-order valence-corrected chi connectivity index (χ1v) is 7.30. The minimum atomic E-state index is -1.12. The highest BCUT2D eigenvalue weighted by Crippen LogP contribution is 2.18. The number of amides is 1. The standard InChI is InChI=1S/C15H21N3O3/c1-3-17(4-2)11-7-9-18(10-11)14(19)13-12(15(20)21)6-5-8-16-13/h5-6,8,11H,3-4,7,9-10H2,1-2H3,(H,20,21). The molecule has 0 radical (unpaired) electrons. The minimum absolute atomic E-state index is 0.0326. The molecule has 0 aliphatic carbocycles. The number of hydrogen-bond acceptors (Lipinski definition) is 4. The molecule has 1 amide bonds. The molecule has 1 aliphatic heterocycles. The van der Waals surface area contributed by atoms with Crippen LogP contribution in [0.2, 0.25) is 0 Å². The van der Waals surface area contributed by atoms with Crippen molar-refractivity contribution in [2.45, 2.75) is 26.3 Å². The molecule has 1 N–H and O–H groups in total. The molecule has 1 aliphatic rings. The van der Waals surface area contributed by atoms with Crippen LogP contribution < -0.4 is 0 Å². The van der Waals surface area contributed by atoms with Crippen molar-refractivity contribution in [3.05, 3.63) is 29.6 Å². The monoisotopic (exact) mass is 291 g/mol. The topological polar surface area (TPSA) is 73.7 Å². The van der Waals surface area contributed by atoms with Crippen molar-refractivity contribution in [3.8, 4) is 0 Å². The van der Waals surface area contributed by atoms with E-state index in [-0.39, 0.29) is 17.2 Å². The fourth-order valence-corrected chi connectivity index (χ4v) is 2.86. The van der Waals surface area contributed by atoms with Gasteiger partial charge in [-0.05, 0) is 31.6 Å². The predicted octanol–water partition coefficient (Wildman–Crippen LogP) is 1.34. The summed E-state index contributed by atoms with van der Waals surface area (Å²) in [6, 6.07) is 3.30. The Morgan fingerprint density at radius 1 is 1.43 bits per heavy atom. The highest BCUT2D eigenvalue weighted by Gasteiger charge is 2.31. The van der Waals surface area contributed by atoms with Crippen LogP contribution in [-0.4, -0.2) is 64.0 Å². The summed E-state index contributed by atoms with van der Waals surface area (Å²) in [6.07, 6.45) is 2.38. The lowest BCUT2D eigenvalue weighted by molar-refractivity contribution is 0.0677. The summed E-state index contributed by atoms with van der Waals surface area (Å²) >= 11 is 0. The lowest BCUT2D eigenvalue weighted by Crippen LogP contribution is -2.39. The van der Waals surface area contributed by atoms with Crippen LogP contribution in [0, 0.1) is 0 Å². The largest absolute Gasteiger partial charge is 0.478 e. The lowest BCUT2D eigenvalue weighted by atomic mass is 10.2. The fraction of sp³-hybridized carbons (Fsp3) is 0.533. The molecule has 0 spiro atoms. The Balaban J connectivity index is 2.14. The second kappa shape index (κ2) is 6.67. The molecule has 0 saturated carbocycles. The summed E-state index contributed by atoms with van der Waals surface area (Å²) in [4.78, 5) is 31.7. The maximum absolute atomic E-state index is 12.5. The average molecular weight is 291 g/mol. The SMILES string of the molecule is CCN(CC)C1CCN(C(=O)c2ncccc2C(=O)O)C1. The molecule has 6 nitrogen and oxygen atoms in total. The number of carbonyl (C=O) groups is 2. The van der Waals surface area contributed by atoms with Gasteiger partial charge in [0.2, 0.25) is 0 Å². The van der Waals surface area contributed by atoms with Gasteiger partial charge in [-0.15, -0.1) is 0 Å². The van der Waals surface area contributed by atoms with Crippen LogP contribution in [0.25, 0.3) is 0 Å². The maximum atomic E-state index is 12.5. The Bertz CT molecular complexity index is 529. The normalized spacial score (nSPS) is 18.2. The van der Waals surface area contributed by atoms with E-state index in [0.29, 0.717) is 19.1 Å². The third-order valence-electron chi connectivity index (χ3n) is 4.02. The smallest absolute Gasteiger partial charge is 0.338 e. The Morgan fingerprint density at radius 3 is 2.76 bits per heavy atom. The number of likely N-dealkylation sites (N-methyl/N-ethyl adjacent to an activating group) is 1. The van der Waals surface area contributed by atoms with Gasteiger partial charge in [0.25, 0.3) is 5.91 Å². The number of pyridine rings is 1. The molecular weight excluding hydrogens is 270 g/mol. The van der Waals surface area contributed by atoms with Crippen molar-refractivity contribution in [3.63, 3.8) is 0 Å². The number of likely N-dealkylation sites (tertiary alicyclic amines) is 1. The number of aromatic nitrogens is 1. The van der Waals surface area contributed by atoms with E-state index >= 15 is 0 Å². The second-order valence-electron chi connectivity index (χ2n) is 5.12. The fourth-order valence-electron chi connectivity index (χ4n) is 2.86. The summed E-state index contributed by atoms with van der Waals surface area (Å²) in [5, 5.41) is 9.15. The number of rotatable bonds is 5. The van der Waals surface area contributed by atoms with Gasteiger partial charge in [0.1, 0.15) is 5.69 Å². The van der Waals surface area contributed by atoms with E-state index in [2.05, 4.69) is 23.7 Å². The molecule has 1 saturated heterocycles. The summed E-state index contributed by atoms with van der Waals surface area (Å²) in [7, 11) is 0. The van der Waals surface area contributed by atoms with Crippen LogP contribution >= 0.6 is 0 Å². The molecule has 1 unspecified atom stereocenters. The summed E-state index contributed by atoms with van der Waals surface area (Å²) in [6.45, 7) is 7.40. The Hall–Kier alpha value is -1.95. The zero-order valence-corrected chi connectivity index (χ0v) is 12.5. The number of carboxylic acids is 1. The van der Waals surface area contributed by atoms with Gasteiger partial charge in [-0.25, -0.2) is 4.79 Å².